The zero-order valence-corrected chi connectivity index (χ0v) is 12.3. The van der Waals surface area contributed by atoms with E-state index in [9.17, 15) is 4.79 Å². The van der Waals surface area contributed by atoms with Crippen LogP contribution in [0.3, 0.4) is 0 Å². The first-order valence-corrected chi connectivity index (χ1v) is 7.33. The number of nitrogens with zero attached hydrogens (tertiary/aromatic N) is 2. The maximum atomic E-state index is 12.0. The molecule has 0 aliphatic heterocycles. The lowest BCUT2D eigenvalue weighted by Crippen LogP contribution is -2.22. The number of nitrogens with one attached hydrogen (secondary N) is 2. The van der Waals surface area contributed by atoms with Crippen molar-refractivity contribution < 1.29 is 4.79 Å². The van der Waals surface area contributed by atoms with Crippen molar-refractivity contribution in [3.05, 3.63) is 58.4 Å². The van der Waals surface area contributed by atoms with Crippen LogP contribution >= 0.6 is 11.3 Å². The van der Waals surface area contributed by atoms with Gasteiger partial charge in [-0.1, -0.05) is 0 Å². The minimum atomic E-state index is -0.0741. The molecule has 0 aromatic carbocycles. The van der Waals surface area contributed by atoms with E-state index in [4.69, 9.17) is 0 Å². The molecule has 0 bridgehead atoms. The van der Waals surface area contributed by atoms with Crippen LogP contribution in [0.5, 0.6) is 0 Å². The molecule has 0 fully saturated rings. The molecule has 0 saturated heterocycles. The van der Waals surface area contributed by atoms with E-state index in [1.54, 1.807) is 18.6 Å². The van der Waals surface area contributed by atoms with E-state index in [-0.39, 0.29) is 5.91 Å². The van der Waals surface area contributed by atoms with E-state index < -0.39 is 0 Å². The van der Waals surface area contributed by atoms with Crippen molar-refractivity contribution in [2.24, 2.45) is 0 Å². The summed E-state index contributed by atoms with van der Waals surface area (Å²) >= 11 is 1.48. The second-order valence-corrected chi connectivity index (χ2v) is 5.86. The predicted molar refractivity (Wildman–Crippen MR) is 82.0 cm³/mol. The van der Waals surface area contributed by atoms with Crippen LogP contribution in [0.25, 0.3) is 11.3 Å². The monoisotopic (exact) mass is 298 g/mol. The molecule has 2 N–H and O–H groups in total. The molecule has 106 valence electrons. The number of aromatic nitrogens is 3. The number of carbonyl (C=O) groups excluding carboxylic acids is 1. The van der Waals surface area contributed by atoms with Crippen molar-refractivity contribution in [2.75, 3.05) is 0 Å². The highest BCUT2D eigenvalue weighted by atomic mass is 32.1. The Kier molecular flexibility index (Phi) is 3.79. The summed E-state index contributed by atoms with van der Waals surface area (Å²) in [6.45, 7) is 2.36. The molecule has 0 aliphatic rings. The summed E-state index contributed by atoms with van der Waals surface area (Å²) < 4.78 is 0. The van der Waals surface area contributed by atoms with E-state index in [0.717, 1.165) is 22.0 Å². The summed E-state index contributed by atoms with van der Waals surface area (Å²) in [6, 6.07) is 7.59. The van der Waals surface area contributed by atoms with Crippen molar-refractivity contribution in [2.45, 2.75) is 13.5 Å². The Bertz CT molecular complexity index is 748. The Morgan fingerprint density at radius 2 is 2.10 bits per heavy atom. The summed E-state index contributed by atoms with van der Waals surface area (Å²) in [4.78, 5) is 25.2. The van der Waals surface area contributed by atoms with Gasteiger partial charge in [-0.2, -0.15) is 0 Å². The highest BCUT2D eigenvalue weighted by Crippen LogP contribution is 2.16. The molecule has 1 amide bonds. The average molecular weight is 298 g/mol. The molecule has 21 heavy (non-hydrogen) atoms. The molecule has 0 saturated carbocycles. The molecular formula is C15H14N4OS. The topological polar surface area (TPSA) is 70.7 Å². The van der Waals surface area contributed by atoms with Gasteiger partial charge in [0.15, 0.2) is 0 Å². The molecule has 0 unspecified atom stereocenters. The van der Waals surface area contributed by atoms with Crippen LogP contribution in [-0.4, -0.2) is 20.9 Å². The third-order valence-corrected chi connectivity index (χ3v) is 4.00. The Morgan fingerprint density at radius 1 is 1.29 bits per heavy atom. The molecule has 0 radical (unpaired) electrons. The zero-order chi connectivity index (χ0) is 14.7. The second-order valence-electron chi connectivity index (χ2n) is 4.57. The first-order valence-electron chi connectivity index (χ1n) is 6.51. The lowest BCUT2D eigenvalue weighted by atomic mass is 10.2. The maximum absolute atomic E-state index is 12.0. The zero-order valence-electron chi connectivity index (χ0n) is 11.5. The number of pyridine rings is 1. The number of hydrogen-bond acceptors (Lipinski definition) is 4. The average Bonchev–Trinajstić information content (AvgIpc) is 3.15. The third kappa shape index (κ3) is 3.17. The molecule has 5 nitrogen and oxygen atoms in total. The van der Waals surface area contributed by atoms with Gasteiger partial charge in [0.25, 0.3) is 5.91 Å². The largest absolute Gasteiger partial charge is 0.344 e. The number of H-pyrrole nitrogens is 1. The maximum Gasteiger partial charge on any atom is 0.261 e. The summed E-state index contributed by atoms with van der Waals surface area (Å²) in [5, 5.41) is 2.86. The molecule has 6 heteroatoms. The summed E-state index contributed by atoms with van der Waals surface area (Å²) in [6.07, 6.45) is 5.22. The first kappa shape index (κ1) is 13.5. The van der Waals surface area contributed by atoms with Crippen molar-refractivity contribution >= 4 is 17.2 Å². The quantitative estimate of drug-likeness (QED) is 0.778. The summed E-state index contributed by atoms with van der Waals surface area (Å²) in [5.74, 6) is 0.651. The number of imidazole rings is 1. The van der Waals surface area contributed by atoms with Crippen LogP contribution in [0.15, 0.2) is 42.9 Å². The fraction of sp³-hybridized carbons (Fsp3) is 0.133. The third-order valence-electron chi connectivity index (χ3n) is 3.00. The van der Waals surface area contributed by atoms with Crippen LogP contribution in [0.2, 0.25) is 0 Å². The Hall–Kier alpha value is -2.47. The van der Waals surface area contributed by atoms with E-state index in [1.165, 1.54) is 11.3 Å². The summed E-state index contributed by atoms with van der Waals surface area (Å²) in [5.41, 5.74) is 1.93. The van der Waals surface area contributed by atoms with E-state index >= 15 is 0 Å². The van der Waals surface area contributed by atoms with Gasteiger partial charge in [-0.15, -0.1) is 11.3 Å². The van der Waals surface area contributed by atoms with Gasteiger partial charge in [-0.05, 0) is 31.2 Å². The molecular weight excluding hydrogens is 284 g/mol. The Morgan fingerprint density at radius 3 is 2.81 bits per heavy atom. The van der Waals surface area contributed by atoms with Crippen LogP contribution in [0.1, 0.15) is 20.4 Å². The van der Waals surface area contributed by atoms with E-state index in [0.29, 0.717) is 11.4 Å². The van der Waals surface area contributed by atoms with Crippen molar-refractivity contribution in [1.82, 2.24) is 20.3 Å². The van der Waals surface area contributed by atoms with E-state index in [1.807, 2.05) is 31.2 Å². The number of hydrogen-bond donors (Lipinski definition) is 2. The van der Waals surface area contributed by atoms with Crippen LogP contribution in [0, 0.1) is 6.92 Å². The molecule has 3 rings (SSSR count). The number of carbonyl (C=O) groups is 1. The predicted octanol–water partition coefficient (Wildman–Crippen LogP) is 2.77. The van der Waals surface area contributed by atoms with Crippen LogP contribution in [0.4, 0.5) is 0 Å². The SMILES string of the molecule is Cc1ccc(C(=O)NCc2ncc(-c3ccncc3)[nH]2)s1. The molecule has 3 aromatic rings. The van der Waals surface area contributed by atoms with Gasteiger partial charge in [0.1, 0.15) is 5.82 Å². The lowest BCUT2D eigenvalue weighted by molar-refractivity contribution is 0.0954. The lowest BCUT2D eigenvalue weighted by Gasteiger charge is -2.01. The molecule has 0 spiro atoms. The fourth-order valence-electron chi connectivity index (χ4n) is 1.94. The molecule has 0 atom stereocenters. The number of rotatable bonds is 4. The number of aromatic amines is 1. The first-order chi connectivity index (χ1) is 10.2. The molecule has 3 aromatic heterocycles. The normalized spacial score (nSPS) is 10.5. The van der Waals surface area contributed by atoms with Crippen molar-refractivity contribution in [3.63, 3.8) is 0 Å². The minimum Gasteiger partial charge on any atom is -0.344 e. The van der Waals surface area contributed by atoms with Crippen molar-refractivity contribution in [1.29, 1.82) is 0 Å². The number of amides is 1. The van der Waals surface area contributed by atoms with Gasteiger partial charge in [0, 0.05) is 22.8 Å². The standard InChI is InChI=1S/C15H14N4OS/c1-10-2-3-13(21-10)15(20)18-9-14-17-8-12(19-14)11-4-6-16-7-5-11/h2-8H,9H2,1H3,(H,17,19)(H,18,20). The molecule has 3 heterocycles. The van der Waals surface area contributed by atoms with Gasteiger partial charge in [-0.25, -0.2) is 4.98 Å². The second kappa shape index (κ2) is 5.88. The van der Waals surface area contributed by atoms with Gasteiger partial charge in [0.05, 0.1) is 23.3 Å². The highest BCUT2D eigenvalue weighted by molar-refractivity contribution is 7.13. The summed E-state index contributed by atoms with van der Waals surface area (Å²) in [7, 11) is 0. The van der Waals surface area contributed by atoms with Gasteiger partial charge in [-0.3, -0.25) is 9.78 Å². The van der Waals surface area contributed by atoms with Gasteiger partial charge >= 0.3 is 0 Å². The van der Waals surface area contributed by atoms with Crippen LogP contribution in [-0.2, 0) is 6.54 Å². The Labute approximate surface area is 126 Å². The number of thiophene rings is 1. The number of aryl methyl sites for hydroxylation is 1. The Balaban J connectivity index is 1.64. The van der Waals surface area contributed by atoms with Crippen LogP contribution < -0.4 is 5.32 Å². The minimum absolute atomic E-state index is 0.0741. The van der Waals surface area contributed by atoms with Crippen molar-refractivity contribution in [3.8, 4) is 11.3 Å². The van der Waals surface area contributed by atoms with Gasteiger partial charge in [0.2, 0.25) is 0 Å². The fourth-order valence-corrected chi connectivity index (χ4v) is 2.72. The smallest absolute Gasteiger partial charge is 0.261 e. The van der Waals surface area contributed by atoms with E-state index in [2.05, 4.69) is 20.3 Å². The molecule has 0 aliphatic carbocycles. The van der Waals surface area contributed by atoms with Gasteiger partial charge < -0.3 is 10.3 Å². The highest BCUT2D eigenvalue weighted by Gasteiger charge is 2.09.